The monoisotopic (exact) mass is 176 g/mol. The quantitative estimate of drug-likeness (QED) is 0.599. The van der Waals surface area contributed by atoms with Crippen LogP contribution in [0.3, 0.4) is 0 Å². The summed E-state index contributed by atoms with van der Waals surface area (Å²) < 4.78 is 11.3. The molecule has 1 aromatic rings. The summed E-state index contributed by atoms with van der Waals surface area (Å²) in [6.45, 7) is 3.60. The highest BCUT2D eigenvalue weighted by Crippen LogP contribution is 2.46. The SMILES string of the molecule is Cc1cccc2c1CC21OCCO1. The molecule has 1 saturated heterocycles. The summed E-state index contributed by atoms with van der Waals surface area (Å²) in [5.74, 6) is -0.360. The molecular formula is C11H12O2. The molecule has 1 aromatic carbocycles. The lowest BCUT2D eigenvalue weighted by atomic mass is 9.79. The van der Waals surface area contributed by atoms with Crippen molar-refractivity contribution in [3.8, 4) is 0 Å². The van der Waals surface area contributed by atoms with Crippen molar-refractivity contribution in [2.45, 2.75) is 19.1 Å². The average Bonchev–Trinajstić information content (AvgIpc) is 2.58. The van der Waals surface area contributed by atoms with Gasteiger partial charge in [0.15, 0.2) is 5.79 Å². The molecule has 1 aliphatic carbocycles. The number of rotatable bonds is 0. The maximum Gasteiger partial charge on any atom is 0.199 e. The molecule has 0 radical (unpaired) electrons. The number of hydrogen-bond donors (Lipinski definition) is 0. The van der Waals surface area contributed by atoms with Gasteiger partial charge in [0.05, 0.1) is 13.2 Å². The van der Waals surface area contributed by atoms with Gasteiger partial charge in [0.2, 0.25) is 0 Å². The van der Waals surface area contributed by atoms with E-state index in [2.05, 4.69) is 25.1 Å². The van der Waals surface area contributed by atoms with Crippen molar-refractivity contribution < 1.29 is 9.47 Å². The zero-order valence-corrected chi connectivity index (χ0v) is 7.67. The van der Waals surface area contributed by atoms with Crippen LogP contribution in [-0.2, 0) is 21.7 Å². The third-order valence-electron chi connectivity index (χ3n) is 2.98. The highest BCUT2D eigenvalue weighted by Gasteiger charge is 2.48. The van der Waals surface area contributed by atoms with Crippen LogP contribution < -0.4 is 0 Å². The molecule has 1 heterocycles. The first-order chi connectivity index (χ1) is 6.32. The van der Waals surface area contributed by atoms with E-state index in [1.165, 1.54) is 16.7 Å². The topological polar surface area (TPSA) is 18.5 Å². The van der Waals surface area contributed by atoms with E-state index >= 15 is 0 Å². The van der Waals surface area contributed by atoms with Crippen molar-refractivity contribution >= 4 is 0 Å². The fourth-order valence-corrected chi connectivity index (χ4v) is 2.23. The van der Waals surface area contributed by atoms with Crippen molar-refractivity contribution in [3.05, 3.63) is 34.9 Å². The van der Waals surface area contributed by atoms with Crippen LogP contribution >= 0.6 is 0 Å². The van der Waals surface area contributed by atoms with Gasteiger partial charge in [-0.1, -0.05) is 18.2 Å². The highest BCUT2D eigenvalue weighted by molar-refractivity contribution is 5.46. The average molecular weight is 176 g/mol. The second-order valence-electron chi connectivity index (χ2n) is 3.73. The summed E-state index contributed by atoms with van der Waals surface area (Å²) in [6, 6.07) is 6.32. The molecule has 1 fully saturated rings. The van der Waals surface area contributed by atoms with Crippen LogP contribution in [0.1, 0.15) is 16.7 Å². The minimum Gasteiger partial charge on any atom is -0.343 e. The van der Waals surface area contributed by atoms with Gasteiger partial charge >= 0.3 is 0 Å². The van der Waals surface area contributed by atoms with Crippen LogP contribution in [0.2, 0.25) is 0 Å². The lowest BCUT2D eigenvalue weighted by molar-refractivity contribution is -0.182. The Bertz CT molecular complexity index is 351. The molecule has 2 nitrogen and oxygen atoms in total. The minimum atomic E-state index is -0.360. The van der Waals surface area contributed by atoms with E-state index in [0.717, 1.165) is 19.6 Å². The zero-order chi connectivity index (χ0) is 8.89. The van der Waals surface area contributed by atoms with Crippen LogP contribution in [0.25, 0.3) is 0 Å². The van der Waals surface area contributed by atoms with E-state index in [9.17, 15) is 0 Å². The van der Waals surface area contributed by atoms with Gasteiger partial charge in [-0.3, -0.25) is 0 Å². The third kappa shape index (κ3) is 0.847. The third-order valence-corrected chi connectivity index (χ3v) is 2.98. The Morgan fingerprint density at radius 3 is 2.77 bits per heavy atom. The van der Waals surface area contributed by atoms with Crippen LogP contribution in [-0.4, -0.2) is 13.2 Å². The van der Waals surface area contributed by atoms with Crippen molar-refractivity contribution in [1.29, 1.82) is 0 Å². The van der Waals surface area contributed by atoms with Crippen LogP contribution in [0.15, 0.2) is 18.2 Å². The summed E-state index contributed by atoms with van der Waals surface area (Å²) in [4.78, 5) is 0. The second-order valence-corrected chi connectivity index (χ2v) is 3.73. The van der Waals surface area contributed by atoms with E-state index in [1.54, 1.807) is 0 Å². The largest absolute Gasteiger partial charge is 0.343 e. The van der Waals surface area contributed by atoms with Gasteiger partial charge in [0, 0.05) is 12.0 Å². The zero-order valence-electron chi connectivity index (χ0n) is 7.67. The predicted molar refractivity (Wildman–Crippen MR) is 48.5 cm³/mol. The van der Waals surface area contributed by atoms with Gasteiger partial charge < -0.3 is 9.47 Å². The van der Waals surface area contributed by atoms with E-state index in [1.807, 2.05) is 0 Å². The Hall–Kier alpha value is -0.860. The maximum atomic E-state index is 5.64. The Balaban J connectivity index is 2.09. The predicted octanol–water partition coefficient (Wildman–Crippen LogP) is 1.75. The van der Waals surface area contributed by atoms with Gasteiger partial charge in [0.1, 0.15) is 0 Å². The summed E-state index contributed by atoms with van der Waals surface area (Å²) in [5.41, 5.74) is 4.00. The number of fused-ring (bicyclic) bond motifs is 2. The van der Waals surface area contributed by atoms with Gasteiger partial charge in [-0.05, 0) is 18.1 Å². The standard InChI is InChI=1S/C11H12O2/c1-8-3-2-4-10-9(8)7-11(10)12-5-6-13-11/h2-4H,5-7H2,1H3. The molecule has 2 heteroatoms. The summed E-state index contributed by atoms with van der Waals surface area (Å²) in [5, 5.41) is 0. The number of benzene rings is 1. The molecule has 13 heavy (non-hydrogen) atoms. The van der Waals surface area contributed by atoms with Gasteiger partial charge in [-0.25, -0.2) is 0 Å². The van der Waals surface area contributed by atoms with Crippen LogP contribution in [0.5, 0.6) is 0 Å². The molecule has 0 N–H and O–H groups in total. The van der Waals surface area contributed by atoms with Gasteiger partial charge in [-0.2, -0.15) is 0 Å². The molecule has 0 bridgehead atoms. The Labute approximate surface area is 77.5 Å². The Kier molecular flexibility index (Phi) is 1.35. The van der Waals surface area contributed by atoms with Gasteiger partial charge in [-0.15, -0.1) is 0 Å². The first-order valence-corrected chi connectivity index (χ1v) is 4.69. The maximum absolute atomic E-state index is 5.64. The number of hydrogen-bond acceptors (Lipinski definition) is 2. The summed E-state index contributed by atoms with van der Waals surface area (Å²) >= 11 is 0. The first kappa shape index (κ1) is 7.54. The molecule has 1 spiro atoms. The Morgan fingerprint density at radius 1 is 1.23 bits per heavy atom. The number of aryl methyl sites for hydroxylation is 1. The smallest absolute Gasteiger partial charge is 0.199 e. The van der Waals surface area contributed by atoms with Crippen molar-refractivity contribution in [2.75, 3.05) is 13.2 Å². The first-order valence-electron chi connectivity index (χ1n) is 4.69. The van der Waals surface area contributed by atoms with Crippen LogP contribution in [0, 0.1) is 6.92 Å². The van der Waals surface area contributed by atoms with E-state index < -0.39 is 0 Å². The molecule has 0 aromatic heterocycles. The van der Waals surface area contributed by atoms with Crippen molar-refractivity contribution in [2.24, 2.45) is 0 Å². The molecule has 0 unspecified atom stereocenters. The molecule has 2 aliphatic rings. The Morgan fingerprint density at radius 2 is 2.00 bits per heavy atom. The van der Waals surface area contributed by atoms with E-state index in [0.29, 0.717) is 0 Å². The van der Waals surface area contributed by atoms with E-state index in [4.69, 9.17) is 9.47 Å². The molecule has 0 atom stereocenters. The number of ether oxygens (including phenoxy) is 2. The summed E-state index contributed by atoms with van der Waals surface area (Å²) in [6.07, 6.45) is 0.926. The minimum absolute atomic E-state index is 0.360. The fraction of sp³-hybridized carbons (Fsp3) is 0.455. The second kappa shape index (κ2) is 2.34. The van der Waals surface area contributed by atoms with Gasteiger partial charge in [0.25, 0.3) is 0 Å². The molecule has 1 aliphatic heterocycles. The molecular weight excluding hydrogens is 164 g/mol. The highest BCUT2D eigenvalue weighted by atomic mass is 16.7. The summed E-state index contributed by atoms with van der Waals surface area (Å²) in [7, 11) is 0. The van der Waals surface area contributed by atoms with Crippen molar-refractivity contribution in [3.63, 3.8) is 0 Å². The van der Waals surface area contributed by atoms with E-state index in [-0.39, 0.29) is 5.79 Å². The molecule has 0 amide bonds. The fourth-order valence-electron chi connectivity index (χ4n) is 2.23. The molecule has 0 saturated carbocycles. The molecule has 3 rings (SSSR count). The lowest BCUT2D eigenvalue weighted by Gasteiger charge is -2.39. The lowest BCUT2D eigenvalue weighted by Crippen LogP contribution is -2.40. The van der Waals surface area contributed by atoms with Crippen molar-refractivity contribution in [1.82, 2.24) is 0 Å². The normalized spacial score (nSPS) is 22.8. The van der Waals surface area contributed by atoms with Crippen LogP contribution in [0.4, 0.5) is 0 Å². The molecule has 68 valence electrons.